The van der Waals surface area contributed by atoms with E-state index >= 15 is 0 Å². The number of urea groups is 1. The van der Waals surface area contributed by atoms with Crippen LogP contribution in [0, 0.1) is 0 Å². The van der Waals surface area contributed by atoms with Crippen molar-refractivity contribution in [1.82, 2.24) is 25.3 Å². The van der Waals surface area contributed by atoms with Crippen LogP contribution in [0.4, 0.5) is 4.79 Å². The van der Waals surface area contributed by atoms with Crippen molar-refractivity contribution < 1.29 is 14.3 Å². The lowest BCUT2D eigenvalue weighted by Gasteiger charge is -2.17. The number of ether oxygens (including phenoxy) is 1. The molecule has 3 heterocycles. The van der Waals surface area contributed by atoms with Crippen molar-refractivity contribution in [3.8, 4) is 0 Å². The minimum atomic E-state index is -0.185. The van der Waals surface area contributed by atoms with E-state index in [2.05, 4.69) is 15.7 Å². The van der Waals surface area contributed by atoms with Crippen LogP contribution in [0.15, 0.2) is 0 Å². The van der Waals surface area contributed by atoms with Crippen LogP contribution in [0.2, 0.25) is 0 Å². The Morgan fingerprint density at radius 2 is 2.04 bits per heavy atom. The van der Waals surface area contributed by atoms with E-state index in [1.54, 1.807) is 0 Å². The number of hydrogen-bond donors (Lipinski definition) is 2. The van der Waals surface area contributed by atoms with Crippen LogP contribution in [0.3, 0.4) is 0 Å². The predicted molar refractivity (Wildman–Crippen MR) is 87.8 cm³/mol. The third-order valence-electron chi connectivity index (χ3n) is 4.44. The zero-order valence-corrected chi connectivity index (χ0v) is 14.1. The molecule has 1 fully saturated rings. The average molecular weight is 335 g/mol. The molecule has 0 radical (unpaired) electrons. The molecule has 1 aromatic rings. The molecule has 3 amide bonds. The molecule has 0 aliphatic carbocycles. The Balaban J connectivity index is 1.72. The van der Waals surface area contributed by atoms with Crippen LogP contribution >= 0.6 is 0 Å². The Labute approximate surface area is 141 Å². The highest BCUT2D eigenvalue weighted by molar-refractivity contribution is 5.94. The zero-order valence-electron chi connectivity index (χ0n) is 14.1. The second-order valence-electron chi connectivity index (χ2n) is 6.09. The maximum Gasteiger partial charge on any atom is 0.314 e. The smallest absolute Gasteiger partial charge is 0.314 e. The van der Waals surface area contributed by atoms with Crippen LogP contribution in [0.25, 0.3) is 0 Å². The third-order valence-corrected chi connectivity index (χ3v) is 4.44. The summed E-state index contributed by atoms with van der Waals surface area (Å²) in [4.78, 5) is 26.1. The molecule has 0 atom stereocenters. The Morgan fingerprint density at radius 1 is 1.25 bits per heavy atom. The maximum absolute atomic E-state index is 12.7. The highest BCUT2D eigenvalue weighted by atomic mass is 16.5. The number of likely N-dealkylation sites (tertiary alicyclic amines) is 1. The standard InChI is InChI=1S/C16H25N5O3/c1-2-17-16(23)18-6-9-21-13-5-10-24-11-12(13)14(19-21)15(22)20-7-3-4-8-20/h2-11H2,1H3,(H2,17,18,23). The molecule has 2 aliphatic heterocycles. The van der Waals surface area contributed by atoms with Crippen molar-refractivity contribution in [2.45, 2.75) is 39.3 Å². The summed E-state index contributed by atoms with van der Waals surface area (Å²) in [5, 5.41) is 10.0. The van der Waals surface area contributed by atoms with E-state index in [9.17, 15) is 9.59 Å². The van der Waals surface area contributed by atoms with Gasteiger partial charge in [0.2, 0.25) is 0 Å². The number of carbonyl (C=O) groups excluding carboxylic acids is 2. The molecule has 1 saturated heterocycles. The summed E-state index contributed by atoms with van der Waals surface area (Å²) in [7, 11) is 0. The number of carbonyl (C=O) groups is 2. The first kappa shape index (κ1) is 16.8. The summed E-state index contributed by atoms with van der Waals surface area (Å²) in [6.07, 6.45) is 2.86. The van der Waals surface area contributed by atoms with Gasteiger partial charge in [0.25, 0.3) is 5.91 Å². The van der Waals surface area contributed by atoms with Gasteiger partial charge in [-0.3, -0.25) is 9.48 Å². The topological polar surface area (TPSA) is 88.5 Å². The fraction of sp³-hybridized carbons (Fsp3) is 0.688. The van der Waals surface area contributed by atoms with E-state index in [1.807, 2.05) is 16.5 Å². The highest BCUT2D eigenvalue weighted by Crippen LogP contribution is 2.23. The molecule has 0 bridgehead atoms. The summed E-state index contributed by atoms with van der Waals surface area (Å²) in [5.74, 6) is 0.00434. The molecule has 0 saturated carbocycles. The van der Waals surface area contributed by atoms with Gasteiger partial charge in [-0.2, -0.15) is 5.10 Å². The van der Waals surface area contributed by atoms with Crippen LogP contribution < -0.4 is 10.6 Å². The molecule has 24 heavy (non-hydrogen) atoms. The second kappa shape index (κ2) is 7.65. The molecule has 0 unspecified atom stereocenters. The first-order chi connectivity index (χ1) is 11.7. The van der Waals surface area contributed by atoms with E-state index in [1.165, 1.54) is 0 Å². The molecule has 2 aliphatic rings. The van der Waals surface area contributed by atoms with Gasteiger partial charge in [-0.1, -0.05) is 0 Å². The number of nitrogens with zero attached hydrogens (tertiary/aromatic N) is 3. The molecule has 3 rings (SSSR count). The summed E-state index contributed by atoms with van der Waals surface area (Å²) >= 11 is 0. The molecule has 8 nitrogen and oxygen atoms in total. The van der Waals surface area contributed by atoms with E-state index in [0.29, 0.717) is 38.5 Å². The molecule has 0 aromatic carbocycles. The lowest BCUT2D eigenvalue weighted by atomic mass is 10.1. The van der Waals surface area contributed by atoms with E-state index in [-0.39, 0.29) is 11.9 Å². The normalized spacial score (nSPS) is 16.8. The van der Waals surface area contributed by atoms with Gasteiger partial charge in [0.05, 0.1) is 19.8 Å². The van der Waals surface area contributed by atoms with E-state index in [4.69, 9.17) is 4.74 Å². The molecule has 0 spiro atoms. The van der Waals surface area contributed by atoms with Gasteiger partial charge >= 0.3 is 6.03 Å². The van der Waals surface area contributed by atoms with Crippen molar-refractivity contribution in [2.24, 2.45) is 0 Å². The molecule has 1 aromatic heterocycles. The summed E-state index contributed by atoms with van der Waals surface area (Å²) in [6.45, 7) is 6.17. The van der Waals surface area contributed by atoms with Gasteiger partial charge in [-0.25, -0.2) is 4.79 Å². The Bertz CT molecular complexity index is 607. The fourth-order valence-electron chi connectivity index (χ4n) is 3.23. The van der Waals surface area contributed by atoms with Crippen LogP contribution in [-0.4, -0.2) is 59.4 Å². The van der Waals surface area contributed by atoms with Crippen LogP contribution in [-0.2, 0) is 24.3 Å². The first-order valence-electron chi connectivity index (χ1n) is 8.68. The summed E-state index contributed by atoms with van der Waals surface area (Å²) in [5.41, 5.74) is 2.49. The lowest BCUT2D eigenvalue weighted by molar-refractivity contribution is 0.0772. The van der Waals surface area contributed by atoms with Crippen molar-refractivity contribution >= 4 is 11.9 Å². The monoisotopic (exact) mass is 335 g/mol. The number of nitrogens with one attached hydrogen (secondary N) is 2. The molecular weight excluding hydrogens is 310 g/mol. The summed E-state index contributed by atoms with van der Waals surface area (Å²) < 4.78 is 7.39. The zero-order chi connectivity index (χ0) is 16.9. The largest absolute Gasteiger partial charge is 0.376 e. The third kappa shape index (κ3) is 3.53. The quantitative estimate of drug-likeness (QED) is 0.821. The lowest BCUT2D eigenvalue weighted by Crippen LogP contribution is -2.37. The first-order valence-corrected chi connectivity index (χ1v) is 8.68. The Morgan fingerprint density at radius 3 is 2.79 bits per heavy atom. The number of fused-ring (bicyclic) bond motifs is 1. The molecule has 8 heteroatoms. The van der Waals surface area contributed by atoms with E-state index < -0.39 is 0 Å². The van der Waals surface area contributed by atoms with Crippen molar-refractivity contribution in [3.05, 3.63) is 17.0 Å². The van der Waals surface area contributed by atoms with E-state index in [0.717, 1.165) is 43.6 Å². The van der Waals surface area contributed by atoms with Gasteiger partial charge < -0.3 is 20.3 Å². The maximum atomic E-state index is 12.7. The summed E-state index contributed by atoms with van der Waals surface area (Å²) in [6, 6.07) is -0.185. The number of amides is 3. The molecule has 132 valence electrons. The molecule has 2 N–H and O–H groups in total. The van der Waals surface area contributed by atoms with Gasteiger partial charge in [0.1, 0.15) is 0 Å². The van der Waals surface area contributed by atoms with Gasteiger partial charge in [-0.15, -0.1) is 0 Å². The predicted octanol–water partition coefficient (Wildman–Crippen LogP) is 0.511. The van der Waals surface area contributed by atoms with Crippen LogP contribution in [0.1, 0.15) is 41.5 Å². The second-order valence-corrected chi connectivity index (χ2v) is 6.09. The SMILES string of the molecule is CCNC(=O)NCCn1nc(C(=O)N2CCCC2)c2c1CCOC2. The number of aromatic nitrogens is 2. The average Bonchev–Trinajstić information content (AvgIpc) is 3.23. The number of hydrogen-bond acceptors (Lipinski definition) is 4. The van der Waals surface area contributed by atoms with Gasteiger partial charge in [0.15, 0.2) is 5.69 Å². The number of rotatable bonds is 5. The minimum absolute atomic E-state index is 0.00434. The Hall–Kier alpha value is -2.09. The fourth-order valence-corrected chi connectivity index (χ4v) is 3.23. The highest BCUT2D eigenvalue weighted by Gasteiger charge is 2.29. The minimum Gasteiger partial charge on any atom is -0.376 e. The van der Waals surface area contributed by atoms with Crippen molar-refractivity contribution in [3.63, 3.8) is 0 Å². The van der Waals surface area contributed by atoms with Gasteiger partial charge in [-0.05, 0) is 19.8 Å². The molecular formula is C16H25N5O3. The van der Waals surface area contributed by atoms with Crippen molar-refractivity contribution in [1.29, 1.82) is 0 Å². The van der Waals surface area contributed by atoms with Crippen molar-refractivity contribution in [2.75, 3.05) is 32.8 Å². The Kier molecular flexibility index (Phi) is 5.34. The van der Waals surface area contributed by atoms with Gasteiger partial charge in [0, 0.05) is 43.9 Å². The van der Waals surface area contributed by atoms with Crippen LogP contribution in [0.5, 0.6) is 0 Å².